The van der Waals surface area contributed by atoms with Gasteiger partial charge in [0.25, 0.3) is 11.6 Å². The summed E-state index contributed by atoms with van der Waals surface area (Å²) in [5.41, 5.74) is 0.675. The van der Waals surface area contributed by atoms with Gasteiger partial charge in [0.05, 0.1) is 10.6 Å². The Bertz CT molecular complexity index is 722. The van der Waals surface area contributed by atoms with Gasteiger partial charge in [0.2, 0.25) is 0 Å². The summed E-state index contributed by atoms with van der Waals surface area (Å²) < 4.78 is 1.48. The Kier molecular flexibility index (Phi) is 5.30. The molecule has 1 aromatic carbocycles. The second-order valence-corrected chi connectivity index (χ2v) is 6.24. The highest BCUT2D eigenvalue weighted by molar-refractivity contribution is 5.92. The van der Waals surface area contributed by atoms with Crippen molar-refractivity contribution in [1.82, 2.24) is 15.1 Å². The van der Waals surface area contributed by atoms with Crippen LogP contribution in [0.25, 0.3) is 5.69 Å². The summed E-state index contributed by atoms with van der Waals surface area (Å²) in [4.78, 5) is 22.3. The van der Waals surface area contributed by atoms with Gasteiger partial charge in [0.15, 0.2) is 5.69 Å². The number of aliphatic hydroxyl groups excluding tert-OH is 1. The minimum Gasteiger partial charge on any atom is -0.396 e. The van der Waals surface area contributed by atoms with E-state index in [9.17, 15) is 14.9 Å². The number of carbonyl (C=O) groups excluding carboxylic acids is 1. The van der Waals surface area contributed by atoms with E-state index in [-0.39, 0.29) is 29.3 Å². The summed E-state index contributed by atoms with van der Waals surface area (Å²) in [5, 5.41) is 26.6. The van der Waals surface area contributed by atoms with Crippen LogP contribution in [-0.4, -0.2) is 38.9 Å². The van der Waals surface area contributed by atoms with Gasteiger partial charge in [-0.1, -0.05) is 13.8 Å². The van der Waals surface area contributed by atoms with E-state index in [2.05, 4.69) is 10.4 Å². The van der Waals surface area contributed by atoms with Crippen molar-refractivity contribution in [2.75, 3.05) is 13.2 Å². The van der Waals surface area contributed by atoms with Crippen molar-refractivity contribution in [1.29, 1.82) is 0 Å². The molecule has 0 aliphatic heterocycles. The molecule has 0 spiro atoms. The predicted molar refractivity (Wildman–Crippen MR) is 88.0 cm³/mol. The predicted octanol–water partition coefficient (Wildman–Crippen LogP) is 1.92. The summed E-state index contributed by atoms with van der Waals surface area (Å²) in [6.45, 7) is 4.41. The average Bonchev–Trinajstić information content (AvgIpc) is 3.03. The maximum absolute atomic E-state index is 12.1. The number of hydrogen-bond acceptors (Lipinski definition) is 5. The lowest BCUT2D eigenvalue weighted by Gasteiger charge is -2.23. The summed E-state index contributed by atoms with van der Waals surface area (Å²) in [7, 11) is 0. The molecule has 8 heteroatoms. The number of aliphatic hydroxyl groups is 1. The molecule has 0 aliphatic rings. The molecule has 24 heavy (non-hydrogen) atoms. The van der Waals surface area contributed by atoms with Crippen molar-refractivity contribution < 1.29 is 14.8 Å². The third kappa shape index (κ3) is 4.39. The van der Waals surface area contributed by atoms with E-state index in [1.54, 1.807) is 24.4 Å². The number of nitrogens with one attached hydrogen (secondary N) is 1. The Labute approximate surface area is 139 Å². The van der Waals surface area contributed by atoms with Crippen LogP contribution in [0.5, 0.6) is 0 Å². The topological polar surface area (TPSA) is 110 Å². The van der Waals surface area contributed by atoms with Crippen LogP contribution in [0.15, 0.2) is 36.5 Å². The quantitative estimate of drug-likeness (QED) is 0.594. The van der Waals surface area contributed by atoms with Crippen LogP contribution in [0.3, 0.4) is 0 Å². The largest absolute Gasteiger partial charge is 0.396 e. The van der Waals surface area contributed by atoms with Gasteiger partial charge in [0.1, 0.15) is 0 Å². The molecular formula is C16H20N4O4. The van der Waals surface area contributed by atoms with E-state index >= 15 is 0 Å². The minimum atomic E-state index is -0.472. The fourth-order valence-electron chi connectivity index (χ4n) is 2.12. The fraction of sp³-hybridized carbons (Fsp3) is 0.375. The number of hydrogen-bond donors (Lipinski definition) is 2. The van der Waals surface area contributed by atoms with E-state index in [0.717, 1.165) is 0 Å². The van der Waals surface area contributed by atoms with Crippen molar-refractivity contribution in [2.24, 2.45) is 5.41 Å². The molecule has 1 amide bonds. The Hall–Kier alpha value is -2.74. The first kappa shape index (κ1) is 17.6. The molecule has 0 bridgehead atoms. The molecule has 0 saturated heterocycles. The van der Waals surface area contributed by atoms with E-state index in [1.807, 2.05) is 13.8 Å². The second kappa shape index (κ2) is 7.22. The van der Waals surface area contributed by atoms with Crippen LogP contribution in [0.2, 0.25) is 0 Å². The van der Waals surface area contributed by atoms with Crippen LogP contribution in [0.4, 0.5) is 5.69 Å². The maximum Gasteiger partial charge on any atom is 0.271 e. The number of benzene rings is 1. The Morgan fingerprint density at radius 3 is 2.58 bits per heavy atom. The van der Waals surface area contributed by atoms with Crippen LogP contribution < -0.4 is 5.32 Å². The summed E-state index contributed by atoms with van der Waals surface area (Å²) in [6.07, 6.45) is 2.21. The highest BCUT2D eigenvalue weighted by Crippen LogP contribution is 2.18. The summed E-state index contributed by atoms with van der Waals surface area (Å²) in [5.74, 6) is -0.304. The molecule has 2 N–H and O–H groups in total. The number of amides is 1. The number of non-ortho nitro benzene ring substituents is 1. The first-order valence-corrected chi connectivity index (χ1v) is 7.52. The second-order valence-electron chi connectivity index (χ2n) is 6.24. The number of aromatic nitrogens is 2. The Balaban J connectivity index is 2.04. The fourth-order valence-corrected chi connectivity index (χ4v) is 2.12. The summed E-state index contributed by atoms with van der Waals surface area (Å²) in [6, 6.07) is 7.48. The molecule has 0 fully saturated rings. The molecule has 8 nitrogen and oxygen atoms in total. The standard InChI is InChI=1S/C16H20N4O4/c1-16(2,8-10-21)11-17-15(22)14-7-9-19(18-14)12-3-5-13(6-4-12)20(23)24/h3-7,9,21H,8,10-11H2,1-2H3,(H,17,22). The highest BCUT2D eigenvalue weighted by Gasteiger charge is 2.19. The number of nitro benzene ring substituents is 1. The summed E-state index contributed by atoms with van der Waals surface area (Å²) >= 11 is 0. The molecule has 1 heterocycles. The highest BCUT2D eigenvalue weighted by atomic mass is 16.6. The SMILES string of the molecule is CC(C)(CCO)CNC(=O)c1ccn(-c2ccc([N+](=O)[O-])cc2)n1. The van der Waals surface area contributed by atoms with Gasteiger partial charge in [0, 0.05) is 31.5 Å². The molecule has 0 unspecified atom stereocenters. The van der Waals surface area contributed by atoms with E-state index in [1.165, 1.54) is 16.8 Å². The monoisotopic (exact) mass is 332 g/mol. The lowest BCUT2D eigenvalue weighted by molar-refractivity contribution is -0.384. The van der Waals surface area contributed by atoms with Crippen LogP contribution in [0, 0.1) is 15.5 Å². The molecule has 2 rings (SSSR count). The molecule has 128 valence electrons. The zero-order chi connectivity index (χ0) is 17.7. The van der Waals surface area contributed by atoms with Gasteiger partial charge >= 0.3 is 0 Å². The third-order valence-corrected chi connectivity index (χ3v) is 3.66. The molecule has 0 saturated carbocycles. The molecule has 2 aromatic rings. The van der Waals surface area contributed by atoms with Crippen molar-refractivity contribution in [3.8, 4) is 5.69 Å². The van der Waals surface area contributed by atoms with Crippen LogP contribution >= 0.6 is 0 Å². The van der Waals surface area contributed by atoms with Crippen LogP contribution in [0.1, 0.15) is 30.8 Å². The van der Waals surface area contributed by atoms with Gasteiger partial charge in [-0.3, -0.25) is 14.9 Å². The van der Waals surface area contributed by atoms with Crippen LogP contribution in [-0.2, 0) is 0 Å². The van der Waals surface area contributed by atoms with Gasteiger partial charge in [-0.05, 0) is 30.0 Å². The number of nitrogens with zero attached hydrogens (tertiary/aromatic N) is 3. The van der Waals surface area contributed by atoms with E-state index in [4.69, 9.17) is 5.11 Å². The molecule has 1 aromatic heterocycles. The van der Waals surface area contributed by atoms with E-state index < -0.39 is 4.92 Å². The van der Waals surface area contributed by atoms with Crippen molar-refractivity contribution in [3.05, 3.63) is 52.3 Å². The molecule has 0 radical (unpaired) electrons. The molecule has 0 aliphatic carbocycles. The molecular weight excluding hydrogens is 312 g/mol. The maximum atomic E-state index is 12.1. The minimum absolute atomic E-state index is 0.00464. The van der Waals surface area contributed by atoms with Gasteiger partial charge in [-0.15, -0.1) is 0 Å². The number of rotatable bonds is 7. The van der Waals surface area contributed by atoms with Gasteiger partial charge in [-0.25, -0.2) is 4.68 Å². The lowest BCUT2D eigenvalue weighted by atomic mass is 9.90. The average molecular weight is 332 g/mol. The van der Waals surface area contributed by atoms with Crippen molar-refractivity contribution >= 4 is 11.6 Å². The molecule has 0 atom stereocenters. The Morgan fingerprint density at radius 1 is 1.33 bits per heavy atom. The van der Waals surface area contributed by atoms with Gasteiger partial charge < -0.3 is 10.4 Å². The van der Waals surface area contributed by atoms with E-state index in [0.29, 0.717) is 18.7 Å². The number of nitro groups is 1. The van der Waals surface area contributed by atoms with Gasteiger partial charge in [-0.2, -0.15) is 5.10 Å². The first-order valence-electron chi connectivity index (χ1n) is 7.52. The zero-order valence-electron chi connectivity index (χ0n) is 13.6. The van der Waals surface area contributed by atoms with Crippen molar-refractivity contribution in [2.45, 2.75) is 20.3 Å². The lowest BCUT2D eigenvalue weighted by Crippen LogP contribution is -2.34. The third-order valence-electron chi connectivity index (χ3n) is 3.66. The normalized spacial score (nSPS) is 11.3. The number of carbonyl (C=O) groups is 1. The first-order chi connectivity index (χ1) is 11.3. The zero-order valence-corrected chi connectivity index (χ0v) is 13.6. The smallest absolute Gasteiger partial charge is 0.271 e. The van der Waals surface area contributed by atoms with Crippen molar-refractivity contribution in [3.63, 3.8) is 0 Å². The Morgan fingerprint density at radius 2 is 2.00 bits per heavy atom.